The minimum absolute atomic E-state index is 0.0852. The summed E-state index contributed by atoms with van der Waals surface area (Å²) in [5.41, 5.74) is -0.502. The van der Waals surface area contributed by atoms with Gasteiger partial charge in [0.15, 0.2) is 0 Å². The van der Waals surface area contributed by atoms with Gasteiger partial charge in [-0.2, -0.15) is 0 Å². The number of aliphatic carboxylic acids is 1. The maximum atomic E-state index is 12.8. The Labute approximate surface area is 215 Å². The van der Waals surface area contributed by atoms with Crippen molar-refractivity contribution in [2.24, 2.45) is 50.7 Å². The van der Waals surface area contributed by atoms with Crippen LogP contribution in [0.25, 0.3) is 0 Å². The van der Waals surface area contributed by atoms with Crippen molar-refractivity contribution in [3.8, 4) is 0 Å². The Hall–Kier alpha value is -1.21. The van der Waals surface area contributed by atoms with Gasteiger partial charge in [0.1, 0.15) is 0 Å². The lowest BCUT2D eigenvalue weighted by molar-refractivity contribution is -0.273. The van der Waals surface area contributed by atoms with Crippen molar-refractivity contribution in [3.05, 3.63) is 23.8 Å². The van der Waals surface area contributed by atoms with Gasteiger partial charge in [-0.3, -0.25) is 4.79 Å². The van der Waals surface area contributed by atoms with Gasteiger partial charge in [0.25, 0.3) is 0 Å². The van der Waals surface area contributed by atoms with E-state index in [1.807, 2.05) is 0 Å². The van der Waals surface area contributed by atoms with Crippen LogP contribution >= 0.6 is 0 Å². The molecular formula is C30H46O6. The monoisotopic (exact) mass is 502 g/mol. The topological polar surface area (TPSA) is 118 Å². The van der Waals surface area contributed by atoms with Gasteiger partial charge in [-0.05, 0) is 73.0 Å². The predicted octanol–water partition coefficient (Wildman–Crippen LogP) is 3.92. The molecule has 0 amide bonds. The van der Waals surface area contributed by atoms with Crippen LogP contribution in [0.4, 0.5) is 0 Å². The Morgan fingerprint density at radius 3 is 2.33 bits per heavy atom. The molecule has 202 valence electrons. The molecule has 6 heteroatoms. The number of hydrogen-bond donors (Lipinski definition) is 5. The first-order chi connectivity index (χ1) is 16.6. The zero-order chi connectivity index (χ0) is 26.6. The quantitative estimate of drug-likeness (QED) is 0.365. The fourth-order valence-corrected chi connectivity index (χ4v) is 10.9. The highest BCUT2D eigenvalue weighted by Crippen LogP contribution is 2.75. The third-order valence-electron chi connectivity index (χ3n) is 13.0. The Bertz CT molecular complexity index is 1010. The van der Waals surface area contributed by atoms with Gasteiger partial charge in [-0.15, -0.1) is 0 Å². The summed E-state index contributed by atoms with van der Waals surface area (Å²) >= 11 is 0. The van der Waals surface area contributed by atoms with Crippen molar-refractivity contribution < 1.29 is 30.3 Å². The van der Waals surface area contributed by atoms with E-state index < -0.39 is 40.5 Å². The molecule has 0 spiro atoms. The van der Waals surface area contributed by atoms with E-state index in [1.165, 1.54) is 5.57 Å². The van der Waals surface area contributed by atoms with Crippen LogP contribution in [0.2, 0.25) is 0 Å². The summed E-state index contributed by atoms with van der Waals surface area (Å²) < 4.78 is 0. The molecule has 0 aromatic rings. The number of rotatable bonds is 2. The molecule has 5 rings (SSSR count). The first kappa shape index (κ1) is 26.4. The highest BCUT2D eigenvalue weighted by atomic mass is 16.4. The highest BCUT2D eigenvalue weighted by molar-refractivity contribution is 5.77. The van der Waals surface area contributed by atoms with Crippen LogP contribution in [0.5, 0.6) is 0 Å². The molecule has 0 aromatic heterocycles. The molecule has 0 aromatic carbocycles. The smallest absolute Gasteiger partial charge is 0.310 e. The molecule has 36 heavy (non-hydrogen) atoms. The Morgan fingerprint density at radius 2 is 1.72 bits per heavy atom. The van der Waals surface area contributed by atoms with Crippen LogP contribution in [0.3, 0.4) is 0 Å². The molecule has 4 saturated carbocycles. The van der Waals surface area contributed by atoms with Gasteiger partial charge in [-0.1, -0.05) is 58.4 Å². The molecule has 4 fully saturated rings. The minimum Gasteiger partial charge on any atom is -0.481 e. The lowest BCUT2D eigenvalue weighted by atomic mass is 9.32. The van der Waals surface area contributed by atoms with Crippen LogP contribution in [0, 0.1) is 50.7 Å². The third-order valence-corrected chi connectivity index (χ3v) is 13.0. The van der Waals surface area contributed by atoms with Gasteiger partial charge in [0, 0.05) is 17.3 Å². The van der Waals surface area contributed by atoms with Crippen LogP contribution < -0.4 is 0 Å². The number of aliphatic hydroxyl groups excluding tert-OH is 4. The van der Waals surface area contributed by atoms with Crippen molar-refractivity contribution >= 4 is 5.97 Å². The molecule has 5 aliphatic rings. The largest absolute Gasteiger partial charge is 0.481 e. The van der Waals surface area contributed by atoms with Gasteiger partial charge >= 0.3 is 5.97 Å². The van der Waals surface area contributed by atoms with E-state index in [2.05, 4.69) is 40.3 Å². The molecule has 0 unspecified atom stereocenters. The molecule has 6 nitrogen and oxygen atoms in total. The molecule has 0 saturated heterocycles. The second-order valence-corrected chi connectivity index (χ2v) is 14.2. The maximum Gasteiger partial charge on any atom is 0.310 e. The molecule has 0 radical (unpaired) electrons. The normalized spacial score (nSPS) is 56.5. The second-order valence-electron chi connectivity index (χ2n) is 14.2. The predicted molar refractivity (Wildman–Crippen MR) is 137 cm³/mol. The first-order valence-electron chi connectivity index (χ1n) is 13.9. The molecule has 5 N–H and O–H groups in total. The summed E-state index contributed by atoms with van der Waals surface area (Å²) in [5.74, 6) is -0.931. The van der Waals surface area contributed by atoms with Crippen molar-refractivity contribution in [3.63, 3.8) is 0 Å². The third kappa shape index (κ3) is 2.91. The van der Waals surface area contributed by atoms with Crippen molar-refractivity contribution in [1.29, 1.82) is 0 Å². The van der Waals surface area contributed by atoms with Crippen molar-refractivity contribution in [2.75, 3.05) is 6.61 Å². The lowest BCUT2D eigenvalue weighted by Gasteiger charge is -2.72. The van der Waals surface area contributed by atoms with Crippen molar-refractivity contribution in [1.82, 2.24) is 0 Å². The van der Waals surface area contributed by atoms with Crippen LogP contribution in [-0.4, -0.2) is 56.4 Å². The Balaban J connectivity index is 1.66. The minimum atomic E-state index is -1.09. The average Bonchev–Trinajstić information content (AvgIpc) is 2.80. The summed E-state index contributed by atoms with van der Waals surface area (Å²) in [7, 11) is 0. The Morgan fingerprint density at radius 1 is 1.06 bits per heavy atom. The molecule has 0 aliphatic heterocycles. The molecular weight excluding hydrogens is 456 g/mol. The number of carbonyl (C=O) groups is 1. The summed E-state index contributed by atoms with van der Waals surface area (Å²) in [4.78, 5) is 12.8. The van der Waals surface area contributed by atoms with E-state index in [9.17, 15) is 30.3 Å². The van der Waals surface area contributed by atoms with E-state index in [0.29, 0.717) is 25.7 Å². The van der Waals surface area contributed by atoms with Crippen molar-refractivity contribution in [2.45, 2.75) is 97.9 Å². The number of hydrogen-bond acceptors (Lipinski definition) is 5. The van der Waals surface area contributed by atoms with Gasteiger partial charge < -0.3 is 25.5 Å². The number of allylic oxidation sites excluding steroid dienone is 3. The first-order valence-corrected chi connectivity index (χ1v) is 13.9. The lowest BCUT2D eigenvalue weighted by Crippen LogP contribution is -2.71. The van der Waals surface area contributed by atoms with E-state index in [0.717, 1.165) is 24.8 Å². The van der Waals surface area contributed by atoms with Gasteiger partial charge in [-0.25, -0.2) is 0 Å². The Kier molecular flexibility index (Phi) is 5.80. The van der Waals surface area contributed by atoms with Crippen LogP contribution in [-0.2, 0) is 4.79 Å². The van der Waals surface area contributed by atoms with Gasteiger partial charge in [0.05, 0.1) is 30.3 Å². The summed E-state index contributed by atoms with van der Waals surface area (Å²) in [5, 5.41) is 54.6. The van der Waals surface area contributed by atoms with E-state index in [4.69, 9.17) is 0 Å². The number of fused-ring (bicyclic) bond motifs is 7. The fourth-order valence-electron chi connectivity index (χ4n) is 10.9. The fraction of sp³-hybridized carbons (Fsp3) is 0.833. The average molecular weight is 503 g/mol. The number of carboxylic acid groups (broad SMARTS) is 1. The number of carboxylic acids is 1. The molecule has 0 bridgehead atoms. The van der Waals surface area contributed by atoms with E-state index in [1.54, 1.807) is 6.92 Å². The SMILES string of the molecule is C=C1CC[C@]2(C(=O)O)CC[C@]3(C)C(=CC[C@H]4[C@@]5(C)C[C@@H](O)[C@H](O)[C@@](C)(CO)[C@H]5[C@H](O)C[C@]43C)[C@@H]2[C@H]1C. The summed E-state index contributed by atoms with van der Waals surface area (Å²) in [6.07, 6.45) is 3.93. The van der Waals surface area contributed by atoms with E-state index in [-0.39, 0.29) is 41.1 Å². The van der Waals surface area contributed by atoms with Gasteiger partial charge in [0.2, 0.25) is 0 Å². The summed E-state index contributed by atoms with van der Waals surface area (Å²) in [6.45, 7) is 14.7. The summed E-state index contributed by atoms with van der Waals surface area (Å²) in [6, 6.07) is 0. The zero-order valence-electron chi connectivity index (χ0n) is 22.6. The maximum absolute atomic E-state index is 12.8. The molecule has 5 aliphatic carbocycles. The van der Waals surface area contributed by atoms with Crippen LogP contribution in [0.15, 0.2) is 23.8 Å². The highest BCUT2D eigenvalue weighted by Gasteiger charge is 2.72. The zero-order valence-corrected chi connectivity index (χ0v) is 22.6. The molecule has 12 atom stereocenters. The standard InChI is InChI=1S/C30H46O6/c1-16-9-10-30(25(35)36)12-11-28(5)18(22(30)17(16)2)7-8-21-26(3)13-20(33)24(34)27(4,15-31)23(26)19(32)14-29(21,28)6/h7,17,19-24,31-34H,1,8-15H2,2-6H3,(H,35,36)/t17-,19+,20+,21-,22-,23-,24-,26+,27-,28+,29+,30-/m0/s1. The van der Waals surface area contributed by atoms with Crippen LogP contribution in [0.1, 0.15) is 79.6 Å². The molecule has 0 heterocycles. The number of aliphatic hydroxyl groups is 4. The second kappa shape index (κ2) is 7.91. The van der Waals surface area contributed by atoms with E-state index >= 15 is 0 Å².